The Kier molecular flexibility index (Phi) is 5.79. The number of benzene rings is 1. The van der Waals surface area contributed by atoms with Crippen LogP contribution in [0, 0.1) is 18.3 Å². The van der Waals surface area contributed by atoms with Crippen LogP contribution in [0.5, 0.6) is 0 Å². The number of nitrogens with zero attached hydrogens (tertiary/aromatic N) is 3. The molecule has 1 fully saturated rings. The van der Waals surface area contributed by atoms with E-state index in [9.17, 15) is 0 Å². The lowest BCUT2D eigenvalue weighted by atomic mass is 9.83. The molecule has 1 aliphatic carbocycles. The van der Waals surface area contributed by atoms with Gasteiger partial charge in [0.25, 0.3) is 0 Å². The van der Waals surface area contributed by atoms with Gasteiger partial charge in [-0.3, -0.25) is 5.10 Å². The Morgan fingerprint density at radius 2 is 2.04 bits per heavy atom. The van der Waals surface area contributed by atoms with Crippen molar-refractivity contribution in [3.63, 3.8) is 0 Å². The van der Waals surface area contributed by atoms with E-state index >= 15 is 0 Å². The summed E-state index contributed by atoms with van der Waals surface area (Å²) in [5, 5.41) is 16.9. The zero-order valence-corrected chi connectivity index (χ0v) is 15.9. The van der Waals surface area contributed by atoms with Gasteiger partial charge in [0.15, 0.2) is 0 Å². The first-order chi connectivity index (χ1) is 12.1. The fraction of sp³-hybridized carbons (Fsp3) is 0.474. The average Bonchev–Trinajstić information content (AvgIpc) is 3.02. The van der Waals surface area contributed by atoms with Gasteiger partial charge in [0, 0.05) is 35.4 Å². The Hall–Kier alpha value is -1.81. The number of hydrogen-bond acceptors (Lipinski definition) is 5. The molecule has 0 spiro atoms. The van der Waals surface area contributed by atoms with Crippen molar-refractivity contribution in [2.75, 3.05) is 14.1 Å². The van der Waals surface area contributed by atoms with Crippen LogP contribution in [0.3, 0.4) is 0 Å². The van der Waals surface area contributed by atoms with Crippen molar-refractivity contribution in [3.05, 3.63) is 41.1 Å². The average molecular weight is 356 g/mol. The second-order valence-electron chi connectivity index (χ2n) is 6.87. The van der Waals surface area contributed by atoms with E-state index < -0.39 is 0 Å². The fourth-order valence-corrected chi connectivity index (χ4v) is 4.10. The highest BCUT2D eigenvalue weighted by Crippen LogP contribution is 2.36. The minimum atomic E-state index is 0.544. The third-order valence-corrected chi connectivity index (χ3v) is 5.65. The third kappa shape index (κ3) is 4.24. The minimum Gasteiger partial charge on any atom is -0.281 e. The van der Waals surface area contributed by atoms with Crippen molar-refractivity contribution in [1.82, 2.24) is 19.2 Å². The summed E-state index contributed by atoms with van der Waals surface area (Å²) in [7, 11) is 4.11. The molecule has 25 heavy (non-hydrogen) atoms. The molecule has 0 aliphatic heterocycles. The number of H-pyrrole nitrogens is 1. The monoisotopic (exact) mass is 355 g/mol. The predicted octanol–water partition coefficient (Wildman–Crippen LogP) is 4.00. The highest BCUT2D eigenvalue weighted by Gasteiger charge is 2.26. The summed E-state index contributed by atoms with van der Waals surface area (Å²) < 4.78 is 5.63. The molecular formula is C19H25N5S. The zero-order chi connectivity index (χ0) is 17.8. The molecule has 0 amide bonds. The Labute approximate surface area is 154 Å². The van der Waals surface area contributed by atoms with Crippen molar-refractivity contribution in [2.45, 2.75) is 44.6 Å². The van der Waals surface area contributed by atoms with E-state index in [4.69, 9.17) is 5.26 Å². The standard InChI is InChI=1S/C19H25N5S/c1-13-18(15-7-9-17(10-8-15)23-25-24(2)3)21-22-19(13)16-6-4-5-14(11-16)12-20/h4-6,11,15,17,23H,7-10H2,1-3H3,(H,21,22). The van der Waals surface area contributed by atoms with Gasteiger partial charge < -0.3 is 0 Å². The maximum absolute atomic E-state index is 9.10. The largest absolute Gasteiger partial charge is 0.281 e. The molecule has 132 valence electrons. The van der Waals surface area contributed by atoms with Crippen molar-refractivity contribution >= 4 is 12.1 Å². The molecule has 0 bridgehead atoms. The van der Waals surface area contributed by atoms with Gasteiger partial charge in [0.05, 0.1) is 17.3 Å². The molecular weight excluding hydrogens is 330 g/mol. The summed E-state index contributed by atoms with van der Waals surface area (Å²) in [5.74, 6) is 0.544. The van der Waals surface area contributed by atoms with Gasteiger partial charge >= 0.3 is 0 Å². The van der Waals surface area contributed by atoms with E-state index in [2.05, 4.69) is 46.3 Å². The summed E-state index contributed by atoms with van der Waals surface area (Å²) in [5.41, 5.74) is 5.13. The van der Waals surface area contributed by atoms with Crippen LogP contribution < -0.4 is 4.72 Å². The maximum atomic E-state index is 9.10. The van der Waals surface area contributed by atoms with E-state index in [1.165, 1.54) is 36.9 Å². The van der Waals surface area contributed by atoms with Gasteiger partial charge in [0.2, 0.25) is 0 Å². The van der Waals surface area contributed by atoms with Crippen LogP contribution in [0.2, 0.25) is 0 Å². The summed E-state index contributed by atoms with van der Waals surface area (Å²) in [6.07, 6.45) is 4.71. The second-order valence-corrected chi connectivity index (χ2v) is 8.02. The minimum absolute atomic E-state index is 0.544. The molecule has 0 radical (unpaired) electrons. The van der Waals surface area contributed by atoms with E-state index in [1.54, 1.807) is 12.1 Å². The molecule has 1 saturated carbocycles. The van der Waals surface area contributed by atoms with E-state index in [-0.39, 0.29) is 0 Å². The fourth-order valence-electron chi connectivity index (χ4n) is 3.51. The van der Waals surface area contributed by atoms with E-state index in [0.717, 1.165) is 11.3 Å². The van der Waals surface area contributed by atoms with Crippen molar-refractivity contribution in [2.24, 2.45) is 0 Å². The summed E-state index contributed by atoms with van der Waals surface area (Å²) in [4.78, 5) is 0. The molecule has 0 unspecified atom stereocenters. The smallest absolute Gasteiger partial charge is 0.0991 e. The third-order valence-electron chi connectivity index (χ3n) is 4.85. The van der Waals surface area contributed by atoms with E-state index in [0.29, 0.717) is 17.5 Å². The SMILES string of the molecule is Cc1c(-c2cccc(C#N)c2)n[nH]c1C1CCC(NSN(C)C)CC1. The summed E-state index contributed by atoms with van der Waals surface area (Å²) >= 11 is 1.68. The van der Waals surface area contributed by atoms with Gasteiger partial charge in [-0.15, -0.1) is 0 Å². The number of hydrogen-bond donors (Lipinski definition) is 2. The quantitative estimate of drug-likeness (QED) is 0.794. The van der Waals surface area contributed by atoms with Crippen molar-refractivity contribution < 1.29 is 0 Å². The van der Waals surface area contributed by atoms with Crippen LogP contribution in [0.15, 0.2) is 24.3 Å². The van der Waals surface area contributed by atoms with Gasteiger partial charge in [-0.2, -0.15) is 10.4 Å². The van der Waals surface area contributed by atoms with E-state index in [1.807, 2.05) is 24.3 Å². The first kappa shape index (κ1) is 18.0. The Morgan fingerprint density at radius 1 is 1.28 bits per heavy atom. The number of nitriles is 1. The summed E-state index contributed by atoms with van der Waals surface area (Å²) in [6, 6.07) is 10.5. The molecule has 2 aromatic rings. The van der Waals surface area contributed by atoms with Gasteiger partial charge in [-0.05, 0) is 64.4 Å². The predicted molar refractivity (Wildman–Crippen MR) is 103 cm³/mol. The normalized spacial score (nSPS) is 20.6. The highest BCUT2D eigenvalue weighted by atomic mass is 32.2. The van der Waals surface area contributed by atoms with Crippen LogP contribution in [-0.2, 0) is 0 Å². The second kappa shape index (κ2) is 8.05. The Balaban J connectivity index is 1.69. The molecule has 5 nitrogen and oxygen atoms in total. The van der Waals surface area contributed by atoms with Crippen LogP contribution in [0.1, 0.15) is 48.4 Å². The van der Waals surface area contributed by atoms with Crippen LogP contribution in [0.4, 0.5) is 0 Å². The maximum Gasteiger partial charge on any atom is 0.0991 e. The first-order valence-electron chi connectivity index (χ1n) is 8.73. The molecule has 6 heteroatoms. The van der Waals surface area contributed by atoms with Gasteiger partial charge in [-0.1, -0.05) is 12.1 Å². The molecule has 1 aromatic carbocycles. The van der Waals surface area contributed by atoms with Crippen molar-refractivity contribution in [1.29, 1.82) is 5.26 Å². The molecule has 1 aromatic heterocycles. The molecule has 1 heterocycles. The molecule has 2 N–H and O–H groups in total. The number of aromatic amines is 1. The lowest BCUT2D eigenvalue weighted by molar-refractivity contribution is 0.374. The lowest BCUT2D eigenvalue weighted by Crippen LogP contribution is -2.30. The number of nitrogens with one attached hydrogen (secondary N) is 2. The first-order valence-corrected chi connectivity index (χ1v) is 9.51. The van der Waals surface area contributed by atoms with Crippen LogP contribution in [0.25, 0.3) is 11.3 Å². The van der Waals surface area contributed by atoms with Crippen LogP contribution >= 0.6 is 12.1 Å². The van der Waals surface area contributed by atoms with Gasteiger partial charge in [-0.25, -0.2) is 9.03 Å². The molecule has 3 rings (SSSR count). The number of aromatic nitrogens is 2. The number of rotatable bonds is 5. The Morgan fingerprint density at radius 3 is 2.72 bits per heavy atom. The molecule has 1 aliphatic rings. The zero-order valence-electron chi connectivity index (χ0n) is 15.0. The van der Waals surface area contributed by atoms with Gasteiger partial charge in [0.1, 0.15) is 0 Å². The Bertz CT molecular complexity index is 753. The van der Waals surface area contributed by atoms with Crippen LogP contribution in [-0.4, -0.2) is 34.6 Å². The highest BCUT2D eigenvalue weighted by molar-refractivity contribution is 7.95. The molecule has 0 atom stereocenters. The summed E-state index contributed by atoms with van der Waals surface area (Å²) in [6.45, 7) is 2.14. The molecule has 0 saturated heterocycles. The topological polar surface area (TPSA) is 67.7 Å². The lowest BCUT2D eigenvalue weighted by Gasteiger charge is -2.29. The van der Waals surface area contributed by atoms with Crippen molar-refractivity contribution in [3.8, 4) is 17.3 Å².